The Morgan fingerprint density at radius 2 is 2.08 bits per heavy atom. The minimum absolute atomic E-state index is 0.235. The Bertz CT molecular complexity index is 720. The minimum atomic E-state index is -0.681. The van der Waals surface area contributed by atoms with Crippen LogP contribution in [0.5, 0.6) is 0 Å². The van der Waals surface area contributed by atoms with Gasteiger partial charge in [-0.25, -0.2) is 4.98 Å². The predicted octanol–water partition coefficient (Wildman–Crippen LogP) is 3.25. The van der Waals surface area contributed by atoms with E-state index < -0.39 is 5.97 Å². The van der Waals surface area contributed by atoms with Gasteiger partial charge in [-0.05, 0) is 43.7 Å². The molecule has 1 saturated heterocycles. The highest BCUT2D eigenvalue weighted by atomic mass is 16.4. The number of nitrogens with one attached hydrogen (secondary N) is 1. The first-order valence-electron chi connectivity index (χ1n) is 9.93. The number of aromatic nitrogens is 3. The summed E-state index contributed by atoms with van der Waals surface area (Å²) in [6, 6.07) is 2.61. The summed E-state index contributed by atoms with van der Waals surface area (Å²) in [6.45, 7) is 2.04. The van der Waals surface area contributed by atoms with E-state index in [2.05, 4.69) is 14.9 Å². The number of likely N-dealkylation sites (tertiary alicyclic amines) is 1. The van der Waals surface area contributed by atoms with Crippen LogP contribution in [0, 0.1) is 11.8 Å². The zero-order valence-corrected chi connectivity index (χ0v) is 15.2. The van der Waals surface area contributed by atoms with Gasteiger partial charge in [-0.2, -0.15) is 0 Å². The second-order valence-corrected chi connectivity index (χ2v) is 7.97. The summed E-state index contributed by atoms with van der Waals surface area (Å²) in [7, 11) is 0. The molecule has 6 heteroatoms. The first-order chi connectivity index (χ1) is 12.7. The molecule has 140 valence electrons. The maximum atomic E-state index is 11.3. The van der Waals surface area contributed by atoms with Crippen LogP contribution in [0.4, 0.5) is 0 Å². The molecule has 1 aliphatic carbocycles. The van der Waals surface area contributed by atoms with E-state index in [9.17, 15) is 9.90 Å². The molecular weight excluding hydrogens is 328 g/mol. The third-order valence-corrected chi connectivity index (χ3v) is 6.24. The summed E-state index contributed by atoms with van der Waals surface area (Å²) in [6.07, 6.45) is 12.3. The number of aliphatic carboxylic acids is 1. The highest BCUT2D eigenvalue weighted by Crippen LogP contribution is 2.33. The van der Waals surface area contributed by atoms with E-state index in [4.69, 9.17) is 4.98 Å². The number of imidazole rings is 1. The molecule has 0 aromatic carbocycles. The Morgan fingerprint density at radius 3 is 2.85 bits per heavy atom. The van der Waals surface area contributed by atoms with Crippen LogP contribution in [-0.4, -0.2) is 50.1 Å². The van der Waals surface area contributed by atoms with Gasteiger partial charge in [0.25, 0.3) is 0 Å². The lowest BCUT2D eigenvalue weighted by Crippen LogP contribution is -2.47. The van der Waals surface area contributed by atoms with E-state index in [-0.39, 0.29) is 12.3 Å². The van der Waals surface area contributed by atoms with Crippen LogP contribution < -0.4 is 0 Å². The van der Waals surface area contributed by atoms with E-state index in [1.54, 1.807) is 12.4 Å². The van der Waals surface area contributed by atoms with Crippen molar-refractivity contribution in [1.82, 2.24) is 19.9 Å². The smallest absolute Gasteiger partial charge is 0.303 e. The van der Waals surface area contributed by atoms with Gasteiger partial charge in [0.2, 0.25) is 0 Å². The normalized spacial score (nSPS) is 25.5. The summed E-state index contributed by atoms with van der Waals surface area (Å²) in [4.78, 5) is 26.2. The zero-order chi connectivity index (χ0) is 17.9. The van der Waals surface area contributed by atoms with Crippen LogP contribution in [0.2, 0.25) is 0 Å². The maximum absolute atomic E-state index is 11.3. The molecule has 2 fully saturated rings. The zero-order valence-electron chi connectivity index (χ0n) is 15.2. The largest absolute Gasteiger partial charge is 0.481 e. The third kappa shape index (κ3) is 3.90. The molecule has 2 aliphatic rings. The van der Waals surface area contributed by atoms with Crippen LogP contribution in [-0.2, 0) is 11.2 Å². The summed E-state index contributed by atoms with van der Waals surface area (Å²) >= 11 is 0. The number of hydrogen-bond donors (Lipinski definition) is 2. The number of aromatic amines is 1. The van der Waals surface area contributed by atoms with Gasteiger partial charge in [0.1, 0.15) is 5.82 Å². The van der Waals surface area contributed by atoms with Gasteiger partial charge in [0, 0.05) is 31.6 Å². The molecule has 4 rings (SSSR count). The van der Waals surface area contributed by atoms with Crippen molar-refractivity contribution in [2.75, 3.05) is 13.1 Å². The summed E-state index contributed by atoms with van der Waals surface area (Å²) in [5.74, 6) is 0.854. The van der Waals surface area contributed by atoms with Gasteiger partial charge < -0.3 is 15.0 Å². The van der Waals surface area contributed by atoms with Gasteiger partial charge in [0.05, 0.1) is 17.2 Å². The Labute approximate surface area is 154 Å². The predicted molar refractivity (Wildman–Crippen MR) is 99.9 cm³/mol. The highest BCUT2D eigenvalue weighted by molar-refractivity contribution is 5.73. The van der Waals surface area contributed by atoms with Crippen molar-refractivity contribution in [2.45, 2.75) is 57.4 Å². The van der Waals surface area contributed by atoms with E-state index in [0.29, 0.717) is 12.0 Å². The van der Waals surface area contributed by atoms with Crippen molar-refractivity contribution in [3.05, 3.63) is 24.3 Å². The molecule has 2 aromatic rings. The SMILES string of the molecule is O=C(O)CC1CCN(C2CCCCC2)CC1Cc1nc2ccncc2[nH]1. The number of piperidine rings is 1. The van der Waals surface area contributed by atoms with E-state index in [0.717, 1.165) is 42.8 Å². The van der Waals surface area contributed by atoms with Crippen LogP contribution in [0.25, 0.3) is 11.0 Å². The van der Waals surface area contributed by atoms with Crippen LogP contribution in [0.15, 0.2) is 18.5 Å². The number of carbonyl (C=O) groups is 1. The fraction of sp³-hybridized carbons (Fsp3) is 0.650. The lowest BCUT2D eigenvalue weighted by molar-refractivity contribution is -0.139. The number of nitrogens with zero attached hydrogens (tertiary/aromatic N) is 3. The Hall–Kier alpha value is -1.95. The van der Waals surface area contributed by atoms with Crippen molar-refractivity contribution >= 4 is 17.0 Å². The highest BCUT2D eigenvalue weighted by Gasteiger charge is 2.34. The fourth-order valence-corrected chi connectivity index (χ4v) is 4.87. The molecule has 3 heterocycles. The van der Waals surface area contributed by atoms with Crippen molar-refractivity contribution in [2.24, 2.45) is 11.8 Å². The molecule has 2 N–H and O–H groups in total. The molecule has 0 spiro atoms. The molecule has 26 heavy (non-hydrogen) atoms. The number of carboxylic acids is 1. The second-order valence-electron chi connectivity index (χ2n) is 7.97. The molecule has 1 aliphatic heterocycles. The topological polar surface area (TPSA) is 82.1 Å². The second kappa shape index (κ2) is 7.74. The molecular formula is C20H28N4O2. The first-order valence-corrected chi connectivity index (χ1v) is 9.93. The fourth-order valence-electron chi connectivity index (χ4n) is 4.87. The Morgan fingerprint density at radius 1 is 1.23 bits per heavy atom. The maximum Gasteiger partial charge on any atom is 0.303 e. The molecule has 2 atom stereocenters. The standard InChI is InChI=1S/C20H28N4O2/c25-20(26)11-14-7-9-24(16-4-2-1-3-5-16)13-15(14)10-19-22-17-6-8-21-12-18(17)23-19/h6,8,12,14-16H,1-5,7,9-11,13H2,(H,22,23)(H,25,26). The number of H-pyrrole nitrogens is 1. The van der Waals surface area contributed by atoms with Crippen molar-refractivity contribution in [1.29, 1.82) is 0 Å². The van der Waals surface area contributed by atoms with Gasteiger partial charge >= 0.3 is 5.97 Å². The Kier molecular flexibility index (Phi) is 5.20. The summed E-state index contributed by atoms with van der Waals surface area (Å²) < 4.78 is 0. The lowest BCUT2D eigenvalue weighted by Gasteiger charge is -2.43. The third-order valence-electron chi connectivity index (χ3n) is 6.24. The van der Waals surface area contributed by atoms with E-state index in [1.807, 2.05) is 6.07 Å². The number of hydrogen-bond acceptors (Lipinski definition) is 4. The van der Waals surface area contributed by atoms with E-state index >= 15 is 0 Å². The molecule has 1 saturated carbocycles. The number of fused-ring (bicyclic) bond motifs is 1. The van der Waals surface area contributed by atoms with Gasteiger partial charge in [-0.1, -0.05) is 19.3 Å². The van der Waals surface area contributed by atoms with Gasteiger partial charge in [-0.3, -0.25) is 9.78 Å². The molecule has 2 unspecified atom stereocenters. The molecule has 0 amide bonds. The van der Waals surface area contributed by atoms with Crippen LogP contribution in [0.3, 0.4) is 0 Å². The monoisotopic (exact) mass is 356 g/mol. The molecule has 6 nitrogen and oxygen atoms in total. The molecule has 2 aromatic heterocycles. The molecule has 0 bridgehead atoms. The van der Waals surface area contributed by atoms with Crippen molar-refractivity contribution in [3.8, 4) is 0 Å². The number of pyridine rings is 1. The van der Waals surface area contributed by atoms with Crippen LogP contribution >= 0.6 is 0 Å². The molecule has 0 radical (unpaired) electrons. The minimum Gasteiger partial charge on any atom is -0.481 e. The Balaban J connectivity index is 1.50. The van der Waals surface area contributed by atoms with Gasteiger partial charge in [-0.15, -0.1) is 0 Å². The van der Waals surface area contributed by atoms with Crippen LogP contribution in [0.1, 0.15) is 50.8 Å². The van der Waals surface area contributed by atoms with Gasteiger partial charge in [0.15, 0.2) is 0 Å². The average molecular weight is 356 g/mol. The van der Waals surface area contributed by atoms with E-state index in [1.165, 1.54) is 32.1 Å². The van der Waals surface area contributed by atoms with Crippen molar-refractivity contribution in [3.63, 3.8) is 0 Å². The number of carboxylic acid groups (broad SMARTS) is 1. The quantitative estimate of drug-likeness (QED) is 0.859. The van der Waals surface area contributed by atoms with Crippen molar-refractivity contribution < 1.29 is 9.90 Å². The first kappa shape index (κ1) is 17.5. The average Bonchev–Trinajstić information content (AvgIpc) is 3.06. The summed E-state index contributed by atoms with van der Waals surface area (Å²) in [5, 5.41) is 9.33. The number of rotatable bonds is 5. The lowest BCUT2D eigenvalue weighted by atomic mass is 9.79. The summed E-state index contributed by atoms with van der Waals surface area (Å²) in [5.41, 5.74) is 1.89.